The monoisotopic (exact) mass is 231 g/mol. The highest BCUT2D eigenvalue weighted by atomic mass is 16.4. The van der Waals surface area contributed by atoms with Gasteiger partial charge in [-0.25, -0.2) is 4.79 Å². The quantitative estimate of drug-likeness (QED) is 0.860. The molecule has 4 nitrogen and oxygen atoms in total. The Morgan fingerprint density at radius 1 is 1.35 bits per heavy atom. The molecule has 1 aromatic heterocycles. The van der Waals surface area contributed by atoms with Crippen molar-refractivity contribution in [3.8, 4) is 0 Å². The Hall–Kier alpha value is -2.10. The van der Waals surface area contributed by atoms with E-state index < -0.39 is 11.5 Å². The summed E-state index contributed by atoms with van der Waals surface area (Å²) in [6, 6.07) is 7.35. The standard InChI is InChI=1S/C13H13NO3/c1-3-14-10-7-5-4-6-9(10)8(2)11(12(14)15)13(16)17/h4-7H,3H2,1-2H3,(H,16,17). The molecule has 88 valence electrons. The van der Waals surface area contributed by atoms with Crippen molar-refractivity contribution in [2.75, 3.05) is 0 Å². The maximum atomic E-state index is 12.1. The molecule has 2 rings (SSSR count). The van der Waals surface area contributed by atoms with Crippen molar-refractivity contribution >= 4 is 16.9 Å². The first-order valence-corrected chi connectivity index (χ1v) is 5.43. The fourth-order valence-electron chi connectivity index (χ4n) is 2.13. The van der Waals surface area contributed by atoms with Crippen LogP contribution in [-0.2, 0) is 6.54 Å². The highest BCUT2D eigenvalue weighted by Crippen LogP contribution is 2.19. The van der Waals surface area contributed by atoms with Crippen molar-refractivity contribution in [1.82, 2.24) is 4.57 Å². The van der Waals surface area contributed by atoms with Gasteiger partial charge in [0.1, 0.15) is 5.56 Å². The molecule has 0 unspecified atom stereocenters. The summed E-state index contributed by atoms with van der Waals surface area (Å²) in [6.07, 6.45) is 0. The number of pyridine rings is 1. The van der Waals surface area contributed by atoms with Gasteiger partial charge in [0.05, 0.1) is 5.52 Å². The topological polar surface area (TPSA) is 59.3 Å². The molecule has 0 atom stereocenters. The van der Waals surface area contributed by atoms with Gasteiger partial charge < -0.3 is 9.67 Å². The number of rotatable bonds is 2. The minimum absolute atomic E-state index is 0.134. The molecule has 1 heterocycles. The van der Waals surface area contributed by atoms with E-state index in [9.17, 15) is 9.59 Å². The van der Waals surface area contributed by atoms with E-state index in [4.69, 9.17) is 5.11 Å². The summed E-state index contributed by atoms with van der Waals surface area (Å²) in [5.41, 5.74) is 0.743. The van der Waals surface area contributed by atoms with Crippen LogP contribution in [0.5, 0.6) is 0 Å². The van der Waals surface area contributed by atoms with Gasteiger partial charge in [-0.05, 0) is 25.5 Å². The summed E-state index contributed by atoms with van der Waals surface area (Å²) in [4.78, 5) is 23.2. The summed E-state index contributed by atoms with van der Waals surface area (Å²) in [7, 11) is 0. The highest BCUT2D eigenvalue weighted by Gasteiger charge is 2.17. The fraction of sp³-hybridized carbons (Fsp3) is 0.231. The number of para-hydroxylation sites is 1. The molecular weight excluding hydrogens is 218 g/mol. The van der Waals surface area contributed by atoms with Gasteiger partial charge in [-0.15, -0.1) is 0 Å². The number of carboxylic acids is 1. The number of hydrogen-bond donors (Lipinski definition) is 1. The van der Waals surface area contributed by atoms with E-state index in [0.717, 1.165) is 10.9 Å². The van der Waals surface area contributed by atoms with Crippen LogP contribution in [0.2, 0.25) is 0 Å². The SMILES string of the molecule is CCn1c(=O)c(C(=O)O)c(C)c2ccccc21. The Morgan fingerprint density at radius 3 is 2.59 bits per heavy atom. The number of aromatic carboxylic acids is 1. The normalized spacial score (nSPS) is 10.7. The van der Waals surface area contributed by atoms with Crippen LogP contribution < -0.4 is 5.56 Å². The summed E-state index contributed by atoms with van der Waals surface area (Å²) in [5.74, 6) is -1.17. The maximum Gasteiger partial charge on any atom is 0.341 e. The molecule has 0 aliphatic heterocycles. The molecular formula is C13H13NO3. The molecule has 1 aromatic carbocycles. The minimum Gasteiger partial charge on any atom is -0.477 e. The second-order valence-corrected chi connectivity index (χ2v) is 3.87. The van der Waals surface area contributed by atoms with Crippen molar-refractivity contribution in [1.29, 1.82) is 0 Å². The molecule has 0 aliphatic rings. The summed E-state index contributed by atoms with van der Waals surface area (Å²) < 4.78 is 1.49. The van der Waals surface area contributed by atoms with Crippen LogP contribution in [0.3, 0.4) is 0 Å². The van der Waals surface area contributed by atoms with Crippen LogP contribution in [0.1, 0.15) is 22.8 Å². The Morgan fingerprint density at radius 2 is 2.00 bits per heavy atom. The lowest BCUT2D eigenvalue weighted by Gasteiger charge is -2.12. The first-order chi connectivity index (χ1) is 8.07. The minimum atomic E-state index is -1.17. The van der Waals surface area contributed by atoms with E-state index in [2.05, 4.69) is 0 Å². The van der Waals surface area contributed by atoms with E-state index >= 15 is 0 Å². The molecule has 4 heteroatoms. The predicted molar refractivity (Wildman–Crippen MR) is 65.6 cm³/mol. The van der Waals surface area contributed by atoms with Crippen molar-refractivity contribution in [2.45, 2.75) is 20.4 Å². The number of aromatic nitrogens is 1. The molecule has 2 aromatic rings. The summed E-state index contributed by atoms with van der Waals surface area (Å²) in [5, 5.41) is 9.92. The molecule has 0 radical (unpaired) electrons. The molecule has 0 aliphatic carbocycles. The molecule has 1 N–H and O–H groups in total. The smallest absolute Gasteiger partial charge is 0.341 e. The maximum absolute atomic E-state index is 12.1. The van der Waals surface area contributed by atoms with Gasteiger partial charge in [0, 0.05) is 11.9 Å². The van der Waals surface area contributed by atoms with Gasteiger partial charge in [-0.2, -0.15) is 0 Å². The zero-order chi connectivity index (χ0) is 12.6. The number of fused-ring (bicyclic) bond motifs is 1. The number of hydrogen-bond acceptors (Lipinski definition) is 2. The third-order valence-electron chi connectivity index (χ3n) is 2.96. The van der Waals surface area contributed by atoms with Crippen LogP contribution in [0.25, 0.3) is 10.9 Å². The molecule has 0 saturated carbocycles. The lowest BCUT2D eigenvalue weighted by atomic mass is 10.0. The zero-order valence-corrected chi connectivity index (χ0v) is 9.73. The fourth-order valence-corrected chi connectivity index (χ4v) is 2.13. The molecule has 0 fully saturated rings. The zero-order valence-electron chi connectivity index (χ0n) is 9.73. The van der Waals surface area contributed by atoms with Gasteiger partial charge >= 0.3 is 5.97 Å². The van der Waals surface area contributed by atoms with Crippen LogP contribution in [0.4, 0.5) is 0 Å². The van der Waals surface area contributed by atoms with Crippen LogP contribution >= 0.6 is 0 Å². The van der Waals surface area contributed by atoms with E-state index in [1.807, 2.05) is 31.2 Å². The van der Waals surface area contributed by atoms with E-state index in [1.54, 1.807) is 6.92 Å². The Labute approximate surface area is 98.1 Å². The summed E-state index contributed by atoms with van der Waals surface area (Å²) >= 11 is 0. The van der Waals surface area contributed by atoms with Crippen LogP contribution in [-0.4, -0.2) is 15.6 Å². The van der Waals surface area contributed by atoms with Gasteiger partial charge in [0.15, 0.2) is 0 Å². The first kappa shape index (κ1) is 11.4. The van der Waals surface area contributed by atoms with Gasteiger partial charge in [0.2, 0.25) is 0 Å². The van der Waals surface area contributed by atoms with E-state index in [-0.39, 0.29) is 5.56 Å². The summed E-state index contributed by atoms with van der Waals surface area (Å²) in [6.45, 7) is 3.96. The lowest BCUT2D eigenvalue weighted by molar-refractivity contribution is 0.0694. The van der Waals surface area contributed by atoms with Crippen molar-refractivity contribution in [2.24, 2.45) is 0 Å². The third-order valence-corrected chi connectivity index (χ3v) is 2.96. The van der Waals surface area contributed by atoms with Gasteiger partial charge in [0.25, 0.3) is 5.56 Å². The Bertz CT molecular complexity index is 655. The molecule has 0 saturated heterocycles. The average Bonchev–Trinajstić information content (AvgIpc) is 2.29. The van der Waals surface area contributed by atoms with Crippen LogP contribution in [0.15, 0.2) is 29.1 Å². The molecule has 0 bridgehead atoms. The molecule has 0 amide bonds. The Balaban J connectivity index is 3.05. The largest absolute Gasteiger partial charge is 0.477 e. The van der Waals surface area contributed by atoms with Gasteiger partial charge in [-0.1, -0.05) is 18.2 Å². The second kappa shape index (κ2) is 4.05. The van der Waals surface area contributed by atoms with Crippen molar-refractivity contribution in [3.05, 3.63) is 45.7 Å². The average molecular weight is 231 g/mol. The molecule has 0 spiro atoms. The number of carbonyl (C=O) groups is 1. The number of benzene rings is 1. The Kier molecular flexibility index (Phi) is 2.71. The highest BCUT2D eigenvalue weighted by molar-refractivity contribution is 5.95. The molecule has 17 heavy (non-hydrogen) atoms. The van der Waals surface area contributed by atoms with E-state index in [1.165, 1.54) is 4.57 Å². The van der Waals surface area contributed by atoms with Gasteiger partial charge in [-0.3, -0.25) is 4.79 Å². The number of nitrogens with zero attached hydrogens (tertiary/aromatic N) is 1. The number of carboxylic acid groups (broad SMARTS) is 1. The third kappa shape index (κ3) is 1.62. The van der Waals surface area contributed by atoms with Crippen molar-refractivity contribution < 1.29 is 9.90 Å². The predicted octanol–water partition coefficient (Wildman–Crippen LogP) is 2.03. The number of aryl methyl sites for hydroxylation is 2. The van der Waals surface area contributed by atoms with Crippen LogP contribution in [0, 0.1) is 6.92 Å². The van der Waals surface area contributed by atoms with Crippen molar-refractivity contribution in [3.63, 3.8) is 0 Å². The lowest BCUT2D eigenvalue weighted by Crippen LogP contribution is -2.27. The van der Waals surface area contributed by atoms with E-state index in [0.29, 0.717) is 12.1 Å². The second-order valence-electron chi connectivity index (χ2n) is 3.87. The first-order valence-electron chi connectivity index (χ1n) is 5.43.